The molecule has 6 heteroatoms. The normalized spacial score (nSPS) is 10.6. The highest BCUT2D eigenvalue weighted by molar-refractivity contribution is 7.10. The van der Waals surface area contributed by atoms with Gasteiger partial charge in [0.1, 0.15) is 5.82 Å². The van der Waals surface area contributed by atoms with Crippen LogP contribution in [0.5, 0.6) is 0 Å². The summed E-state index contributed by atoms with van der Waals surface area (Å²) in [5.74, 6) is 0.909. The first-order chi connectivity index (χ1) is 12.8. The molecule has 1 aromatic carbocycles. The van der Waals surface area contributed by atoms with Crippen molar-refractivity contribution in [2.24, 2.45) is 0 Å². The number of nitrogens with one attached hydrogen (secondary N) is 1. The van der Waals surface area contributed by atoms with Crippen molar-refractivity contribution in [2.75, 3.05) is 0 Å². The van der Waals surface area contributed by atoms with E-state index >= 15 is 0 Å². The third-order valence-electron chi connectivity index (χ3n) is 3.96. The SMILES string of the molecule is N#Cc1ccc(Cc2ncc(Cc3nc(-c4ccccn4)cs3)[nH]2)cc1. The van der Waals surface area contributed by atoms with E-state index in [1.54, 1.807) is 17.5 Å². The first-order valence-corrected chi connectivity index (χ1v) is 9.06. The lowest BCUT2D eigenvalue weighted by Gasteiger charge is -1.98. The minimum absolute atomic E-state index is 0.668. The Labute approximate surface area is 155 Å². The average molecular weight is 357 g/mol. The zero-order valence-electron chi connectivity index (χ0n) is 13.9. The quantitative estimate of drug-likeness (QED) is 0.586. The van der Waals surface area contributed by atoms with Gasteiger partial charge in [-0.15, -0.1) is 11.3 Å². The number of benzene rings is 1. The summed E-state index contributed by atoms with van der Waals surface area (Å²) in [4.78, 5) is 16.8. The van der Waals surface area contributed by atoms with Crippen molar-refractivity contribution < 1.29 is 0 Å². The van der Waals surface area contributed by atoms with Gasteiger partial charge in [-0.25, -0.2) is 9.97 Å². The second kappa shape index (κ2) is 7.30. The van der Waals surface area contributed by atoms with Gasteiger partial charge < -0.3 is 4.98 Å². The molecule has 0 amide bonds. The van der Waals surface area contributed by atoms with Crippen LogP contribution in [0.2, 0.25) is 0 Å². The highest BCUT2D eigenvalue weighted by Gasteiger charge is 2.08. The number of imidazole rings is 1. The van der Waals surface area contributed by atoms with E-state index in [1.165, 1.54) is 0 Å². The molecule has 0 bridgehead atoms. The largest absolute Gasteiger partial charge is 0.345 e. The van der Waals surface area contributed by atoms with E-state index in [9.17, 15) is 0 Å². The Morgan fingerprint density at radius 2 is 1.88 bits per heavy atom. The van der Waals surface area contributed by atoms with Gasteiger partial charge in [-0.2, -0.15) is 5.26 Å². The molecule has 3 heterocycles. The molecule has 0 fully saturated rings. The van der Waals surface area contributed by atoms with Crippen LogP contribution in [0.15, 0.2) is 60.2 Å². The van der Waals surface area contributed by atoms with Gasteiger partial charge in [0.25, 0.3) is 0 Å². The summed E-state index contributed by atoms with van der Waals surface area (Å²) in [5, 5.41) is 11.9. The van der Waals surface area contributed by atoms with Crippen LogP contribution < -0.4 is 0 Å². The van der Waals surface area contributed by atoms with E-state index in [1.807, 2.05) is 54.0 Å². The number of aromatic nitrogens is 4. The first-order valence-electron chi connectivity index (χ1n) is 8.18. The Kier molecular flexibility index (Phi) is 4.54. The topological polar surface area (TPSA) is 78.2 Å². The Morgan fingerprint density at radius 1 is 1.00 bits per heavy atom. The van der Waals surface area contributed by atoms with Crippen LogP contribution in [-0.2, 0) is 12.8 Å². The predicted octanol–water partition coefficient (Wildman–Crippen LogP) is 3.98. The van der Waals surface area contributed by atoms with Crippen molar-refractivity contribution in [1.82, 2.24) is 19.9 Å². The first kappa shape index (κ1) is 16.2. The lowest BCUT2D eigenvalue weighted by Crippen LogP contribution is -1.93. The van der Waals surface area contributed by atoms with E-state index in [-0.39, 0.29) is 0 Å². The second-order valence-electron chi connectivity index (χ2n) is 5.86. The molecule has 1 N–H and O–H groups in total. The Hall–Kier alpha value is -3.30. The Bertz CT molecular complexity index is 1040. The molecule has 0 saturated heterocycles. The molecule has 4 rings (SSSR count). The smallest absolute Gasteiger partial charge is 0.110 e. The Morgan fingerprint density at radius 3 is 2.65 bits per heavy atom. The molecule has 0 unspecified atom stereocenters. The second-order valence-corrected chi connectivity index (χ2v) is 6.80. The number of pyridine rings is 1. The van der Waals surface area contributed by atoms with Crippen LogP contribution in [-0.4, -0.2) is 19.9 Å². The van der Waals surface area contributed by atoms with Crippen LogP contribution in [0.1, 0.15) is 27.7 Å². The predicted molar refractivity (Wildman–Crippen MR) is 101 cm³/mol. The minimum Gasteiger partial charge on any atom is -0.345 e. The maximum atomic E-state index is 8.86. The zero-order chi connectivity index (χ0) is 17.8. The molecule has 0 aliphatic carbocycles. The molecule has 0 aliphatic rings. The maximum absolute atomic E-state index is 8.86. The molecular weight excluding hydrogens is 342 g/mol. The summed E-state index contributed by atoms with van der Waals surface area (Å²) < 4.78 is 0. The molecule has 0 spiro atoms. The molecule has 4 aromatic rings. The number of hydrogen-bond donors (Lipinski definition) is 1. The molecule has 0 aliphatic heterocycles. The van der Waals surface area contributed by atoms with Gasteiger partial charge in [0.15, 0.2) is 0 Å². The summed E-state index contributed by atoms with van der Waals surface area (Å²) in [6.45, 7) is 0. The summed E-state index contributed by atoms with van der Waals surface area (Å²) in [6, 6.07) is 15.5. The fraction of sp³-hybridized carbons (Fsp3) is 0.100. The zero-order valence-corrected chi connectivity index (χ0v) is 14.7. The maximum Gasteiger partial charge on any atom is 0.110 e. The number of hydrogen-bond acceptors (Lipinski definition) is 5. The third-order valence-corrected chi connectivity index (χ3v) is 4.81. The lowest BCUT2D eigenvalue weighted by atomic mass is 10.1. The van der Waals surface area contributed by atoms with Gasteiger partial charge in [-0.05, 0) is 29.8 Å². The lowest BCUT2D eigenvalue weighted by molar-refractivity contribution is 0.995. The standard InChI is InChI=1S/C20H15N5S/c21-11-15-6-4-14(5-7-15)9-19-23-12-16(24-19)10-20-25-18(13-26-20)17-3-1-2-8-22-17/h1-8,12-13H,9-10H2,(H,23,24). The van der Waals surface area contributed by atoms with Gasteiger partial charge in [0.2, 0.25) is 0 Å². The molecule has 26 heavy (non-hydrogen) atoms. The summed E-state index contributed by atoms with van der Waals surface area (Å²) in [6.07, 6.45) is 5.07. The molecule has 0 radical (unpaired) electrons. The van der Waals surface area contributed by atoms with E-state index < -0.39 is 0 Å². The van der Waals surface area contributed by atoms with E-state index in [2.05, 4.69) is 26.0 Å². The average Bonchev–Trinajstić information content (AvgIpc) is 3.33. The molecule has 3 aromatic heterocycles. The molecule has 5 nitrogen and oxygen atoms in total. The fourth-order valence-corrected chi connectivity index (χ4v) is 3.47. The highest BCUT2D eigenvalue weighted by Crippen LogP contribution is 2.21. The van der Waals surface area contributed by atoms with Crippen LogP contribution in [0.3, 0.4) is 0 Å². The number of nitrogens with zero attached hydrogens (tertiary/aromatic N) is 4. The van der Waals surface area contributed by atoms with Crippen molar-refractivity contribution in [2.45, 2.75) is 12.8 Å². The van der Waals surface area contributed by atoms with Gasteiger partial charge in [0, 0.05) is 36.3 Å². The van der Waals surface area contributed by atoms with Crippen molar-refractivity contribution in [3.05, 3.63) is 87.9 Å². The molecule has 0 saturated carbocycles. The molecule has 0 atom stereocenters. The molecule has 126 valence electrons. The van der Waals surface area contributed by atoms with Crippen molar-refractivity contribution in [1.29, 1.82) is 5.26 Å². The minimum atomic E-state index is 0.668. The number of nitriles is 1. The van der Waals surface area contributed by atoms with Crippen LogP contribution in [0, 0.1) is 11.3 Å². The fourth-order valence-electron chi connectivity index (χ4n) is 2.66. The van der Waals surface area contributed by atoms with Gasteiger partial charge >= 0.3 is 0 Å². The highest BCUT2D eigenvalue weighted by atomic mass is 32.1. The number of thiazole rings is 1. The Balaban J connectivity index is 1.43. The van der Waals surface area contributed by atoms with Crippen LogP contribution in [0.4, 0.5) is 0 Å². The van der Waals surface area contributed by atoms with Gasteiger partial charge in [-0.1, -0.05) is 18.2 Å². The van der Waals surface area contributed by atoms with E-state index in [4.69, 9.17) is 5.26 Å². The van der Waals surface area contributed by atoms with Crippen molar-refractivity contribution >= 4 is 11.3 Å². The van der Waals surface area contributed by atoms with E-state index in [0.717, 1.165) is 39.9 Å². The number of aromatic amines is 1. The van der Waals surface area contributed by atoms with Crippen LogP contribution >= 0.6 is 11.3 Å². The molecular formula is C20H15N5S. The monoisotopic (exact) mass is 357 g/mol. The summed E-state index contributed by atoms with van der Waals surface area (Å²) >= 11 is 1.63. The van der Waals surface area contributed by atoms with E-state index in [0.29, 0.717) is 12.0 Å². The van der Waals surface area contributed by atoms with Crippen molar-refractivity contribution in [3.63, 3.8) is 0 Å². The van der Waals surface area contributed by atoms with Gasteiger partial charge in [-0.3, -0.25) is 4.98 Å². The number of rotatable bonds is 5. The number of H-pyrrole nitrogens is 1. The van der Waals surface area contributed by atoms with Gasteiger partial charge in [0.05, 0.1) is 28.0 Å². The summed E-state index contributed by atoms with van der Waals surface area (Å²) in [7, 11) is 0. The summed E-state index contributed by atoms with van der Waals surface area (Å²) in [5.41, 5.74) is 4.62. The third kappa shape index (κ3) is 3.68. The van der Waals surface area contributed by atoms with Crippen molar-refractivity contribution in [3.8, 4) is 17.5 Å². The van der Waals surface area contributed by atoms with Crippen LogP contribution in [0.25, 0.3) is 11.4 Å².